The van der Waals surface area contributed by atoms with E-state index in [9.17, 15) is 14.4 Å². The van der Waals surface area contributed by atoms with Gasteiger partial charge in [0.05, 0.1) is 0 Å². The Balaban J connectivity index is 1.77. The number of carbonyl (C=O) groups is 3. The maximum Gasteiger partial charge on any atom is 0.344 e. The third-order valence-electron chi connectivity index (χ3n) is 4.41. The van der Waals surface area contributed by atoms with Gasteiger partial charge in [0.25, 0.3) is 5.91 Å². The van der Waals surface area contributed by atoms with Crippen LogP contribution < -0.4 is 10.5 Å². The van der Waals surface area contributed by atoms with Crippen LogP contribution in [0.3, 0.4) is 0 Å². The lowest BCUT2D eigenvalue weighted by Gasteiger charge is -2.33. The second kappa shape index (κ2) is 9.22. The maximum absolute atomic E-state index is 12.2. The summed E-state index contributed by atoms with van der Waals surface area (Å²) in [6.07, 6.45) is 2.20. The smallest absolute Gasteiger partial charge is 0.344 e. The van der Waals surface area contributed by atoms with E-state index in [0.29, 0.717) is 24.6 Å². The molecule has 1 heterocycles. The van der Waals surface area contributed by atoms with Gasteiger partial charge in [0.2, 0.25) is 5.91 Å². The Morgan fingerprint density at radius 2 is 1.85 bits per heavy atom. The number of carbonyl (C=O) groups excluding carboxylic acids is 3. The molecule has 7 nitrogen and oxygen atoms in total. The molecule has 1 atom stereocenters. The Morgan fingerprint density at radius 3 is 2.46 bits per heavy atom. The molecule has 1 fully saturated rings. The summed E-state index contributed by atoms with van der Waals surface area (Å²) in [6.45, 7) is 3.93. The molecule has 0 aromatic heterocycles. The molecule has 7 heteroatoms. The van der Waals surface area contributed by atoms with Gasteiger partial charge in [-0.25, -0.2) is 4.79 Å². The van der Waals surface area contributed by atoms with Crippen LogP contribution in [0.2, 0.25) is 0 Å². The number of benzene rings is 1. The average molecular weight is 362 g/mol. The monoisotopic (exact) mass is 362 g/mol. The molecule has 1 aliphatic rings. The minimum Gasteiger partial charge on any atom is -0.482 e. The van der Waals surface area contributed by atoms with Crippen molar-refractivity contribution in [1.29, 1.82) is 0 Å². The molecule has 1 saturated heterocycles. The van der Waals surface area contributed by atoms with Crippen molar-refractivity contribution >= 4 is 17.8 Å². The number of hydrogen-bond acceptors (Lipinski definition) is 5. The highest BCUT2D eigenvalue weighted by atomic mass is 16.6. The molecule has 0 bridgehead atoms. The summed E-state index contributed by atoms with van der Waals surface area (Å²) in [5.74, 6) is -0.610. The topological polar surface area (TPSA) is 98.9 Å². The normalized spacial score (nSPS) is 17.0. The summed E-state index contributed by atoms with van der Waals surface area (Å²) in [5, 5.41) is 0. The van der Waals surface area contributed by atoms with Crippen LogP contribution in [0.15, 0.2) is 24.3 Å². The Bertz CT molecular complexity index is 642. The second-order valence-corrected chi connectivity index (χ2v) is 6.67. The van der Waals surface area contributed by atoms with Crippen LogP contribution in [0.5, 0.6) is 5.75 Å². The maximum atomic E-state index is 12.2. The summed E-state index contributed by atoms with van der Waals surface area (Å²) < 4.78 is 10.3. The molecule has 1 aliphatic heterocycles. The molecule has 0 aliphatic carbocycles. The fourth-order valence-electron chi connectivity index (χ4n) is 2.88. The van der Waals surface area contributed by atoms with Crippen molar-refractivity contribution in [2.45, 2.75) is 45.1 Å². The van der Waals surface area contributed by atoms with Gasteiger partial charge < -0.3 is 20.1 Å². The first-order valence-corrected chi connectivity index (χ1v) is 8.85. The molecule has 0 unspecified atom stereocenters. The Labute approximate surface area is 153 Å². The summed E-state index contributed by atoms with van der Waals surface area (Å²) in [6, 6.07) is 6.84. The number of hydrogen-bond donors (Lipinski definition) is 1. The van der Waals surface area contributed by atoms with Crippen LogP contribution in [-0.4, -0.2) is 48.5 Å². The first kappa shape index (κ1) is 19.8. The quantitative estimate of drug-likeness (QED) is 0.743. The zero-order valence-electron chi connectivity index (χ0n) is 15.3. The molecule has 26 heavy (non-hydrogen) atoms. The molecular formula is C19H26N2O5. The minimum absolute atomic E-state index is 0.284. The number of nitrogens with two attached hydrogens (primary N) is 1. The molecule has 2 rings (SSSR count). The highest BCUT2D eigenvalue weighted by molar-refractivity contribution is 5.88. The van der Waals surface area contributed by atoms with Gasteiger partial charge in [-0.2, -0.15) is 0 Å². The van der Waals surface area contributed by atoms with Gasteiger partial charge in [-0.05, 0) is 42.9 Å². The Morgan fingerprint density at radius 1 is 1.15 bits per heavy atom. The van der Waals surface area contributed by atoms with Crippen LogP contribution in [0.4, 0.5) is 0 Å². The van der Waals surface area contributed by atoms with Gasteiger partial charge in [-0.1, -0.05) is 26.0 Å². The SMILES string of the molecule is CC(C)c1ccc(OCC(=O)OCC(=O)N2CCCC[C@H]2C(N)=O)cc1. The van der Waals surface area contributed by atoms with Crippen LogP contribution in [0.25, 0.3) is 0 Å². The Hall–Kier alpha value is -2.57. The molecule has 2 N–H and O–H groups in total. The molecule has 0 spiro atoms. The van der Waals surface area contributed by atoms with Crippen molar-refractivity contribution in [1.82, 2.24) is 4.90 Å². The van der Waals surface area contributed by atoms with Gasteiger partial charge in [0.1, 0.15) is 11.8 Å². The second-order valence-electron chi connectivity index (χ2n) is 6.67. The molecule has 1 aromatic carbocycles. The van der Waals surface area contributed by atoms with Crippen molar-refractivity contribution in [3.63, 3.8) is 0 Å². The van der Waals surface area contributed by atoms with E-state index in [-0.39, 0.29) is 6.61 Å². The number of piperidine rings is 1. The van der Waals surface area contributed by atoms with E-state index < -0.39 is 30.4 Å². The lowest BCUT2D eigenvalue weighted by Crippen LogP contribution is -2.51. The van der Waals surface area contributed by atoms with Crippen LogP contribution in [0.1, 0.15) is 44.6 Å². The number of esters is 1. The van der Waals surface area contributed by atoms with E-state index in [4.69, 9.17) is 15.2 Å². The van der Waals surface area contributed by atoms with E-state index in [2.05, 4.69) is 13.8 Å². The number of rotatable bonds is 7. The standard InChI is InChI=1S/C19H26N2O5/c1-13(2)14-6-8-15(9-7-14)25-12-18(23)26-11-17(22)21-10-4-3-5-16(21)19(20)24/h6-9,13,16H,3-5,10-12H2,1-2H3,(H2,20,24)/t16-/m0/s1. The van der Waals surface area contributed by atoms with Gasteiger partial charge in [0, 0.05) is 6.54 Å². The lowest BCUT2D eigenvalue weighted by atomic mass is 10.0. The summed E-state index contributed by atoms with van der Waals surface area (Å²) in [5.41, 5.74) is 6.51. The predicted octanol–water partition coefficient (Wildman–Crippen LogP) is 1.60. The van der Waals surface area contributed by atoms with E-state index >= 15 is 0 Å². The molecule has 2 amide bonds. The van der Waals surface area contributed by atoms with Crippen molar-refractivity contribution in [2.24, 2.45) is 5.73 Å². The van der Waals surface area contributed by atoms with Gasteiger partial charge in [-0.15, -0.1) is 0 Å². The highest BCUT2D eigenvalue weighted by Gasteiger charge is 2.30. The molecule has 1 aromatic rings. The third-order valence-corrected chi connectivity index (χ3v) is 4.41. The number of nitrogens with zero attached hydrogens (tertiary/aromatic N) is 1. The van der Waals surface area contributed by atoms with Gasteiger partial charge in [0.15, 0.2) is 13.2 Å². The molecule has 0 saturated carbocycles. The van der Waals surface area contributed by atoms with Crippen LogP contribution >= 0.6 is 0 Å². The first-order chi connectivity index (χ1) is 12.4. The van der Waals surface area contributed by atoms with E-state index in [1.165, 1.54) is 10.5 Å². The number of amides is 2. The fourth-order valence-corrected chi connectivity index (χ4v) is 2.88. The highest BCUT2D eigenvalue weighted by Crippen LogP contribution is 2.19. The van der Waals surface area contributed by atoms with Crippen molar-refractivity contribution < 1.29 is 23.9 Å². The number of likely N-dealkylation sites (tertiary alicyclic amines) is 1. The fraction of sp³-hybridized carbons (Fsp3) is 0.526. The van der Waals surface area contributed by atoms with Gasteiger partial charge in [-0.3, -0.25) is 9.59 Å². The largest absolute Gasteiger partial charge is 0.482 e. The van der Waals surface area contributed by atoms with Crippen LogP contribution in [0, 0.1) is 0 Å². The van der Waals surface area contributed by atoms with Crippen molar-refractivity contribution in [3.05, 3.63) is 29.8 Å². The third kappa shape index (κ3) is 5.47. The van der Waals surface area contributed by atoms with E-state index in [1.807, 2.05) is 12.1 Å². The number of ether oxygens (including phenoxy) is 2. The summed E-state index contributed by atoms with van der Waals surface area (Å²) in [4.78, 5) is 36.8. The Kier molecular flexibility index (Phi) is 7.00. The number of primary amides is 1. The zero-order chi connectivity index (χ0) is 19.1. The molecule has 142 valence electrons. The van der Waals surface area contributed by atoms with Crippen molar-refractivity contribution in [2.75, 3.05) is 19.8 Å². The molecular weight excluding hydrogens is 336 g/mol. The lowest BCUT2D eigenvalue weighted by molar-refractivity contribution is -0.156. The van der Waals surface area contributed by atoms with E-state index in [1.54, 1.807) is 12.1 Å². The predicted molar refractivity (Wildman–Crippen MR) is 95.5 cm³/mol. The zero-order valence-corrected chi connectivity index (χ0v) is 15.3. The average Bonchev–Trinajstić information content (AvgIpc) is 2.64. The minimum atomic E-state index is -0.640. The van der Waals surface area contributed by atoms with E-state index in [0.717, 1.165) is 12.8 Å². The summed E-state index contributed by atoms with van der Waals surface area (Å²) >= 11 is 0. The van der Waals surface area contributed by atoms with Gasteiger partial charge >= 0.3 is 5.97 Å². The van der Waals surface area contributed by atoms with Crippen LogP contribution in [-0.2, 0) is 19.1 Å². The first-order valence-electron chi connectivity index (χ1n) is 8.85. The molecule has 0 radical (unpaired) electrons. The summed E-state index contributed by atoms with van der Waals surface area (Å²) in [7, 11) is 0. The van der Waals surface area contributed by atoms with Crippen molar-refractivity contribution in [3.8, 4) is 5.75 Å².